The summed E-state index contributed by atoms with van der Waals surface area (Å²) in [6.45, 7) is 0. The number of rotatable bonds is 4. The van der Waals surface area contributed by atoms with Crippen molar-refractivity contribution in [2.24, 2.45) is 0 Å². The molecule has 0 N–H and O–H groups in total. The zero-order chi connectivity index (χ0) is 40.5. The first kappa shape index (κ1) is 33.5. The van der Waals surface area contributed by atoms with E-state index in [4.69, 9.17) is 19.9 Å². The van der Waals surface area contributed by atoms with Crippen LogP contribution in [0.15, 0.2) is 188 Å². The second-order valence-corrected chi connectivity index (χ2v) is 16.3. The molecule has 8 heteroatoms. The first-order valence-corrected chi connectivity index (χ1v) is 21.1. The van der Waals surface area contributed by atoms with Gasteiger partial charge in [0.25, 0.3) is 0 Å². The van der Waals surface area contributed by atoms with E-state index >= 15 is 0 Å². The normalized spacial score (nSPS) is 14.4. The summed E-state index contributed by atoms with van der Waals surface area (Å²) in [5.74, 6) is 1.12. The van der Waals surface area contributed by atoms with Gasteiger partial charge in [0, 0.05) is 66.7 Å². The topological polar surface area (TPSA) is 71.3 Å². The van der Waals surface area contributed by atoms with E-state index in [0.717, 1.165) is 66.6 Å². The molecule has 0 saturated carbocycles. The molecule has 13 aromatic rings. The molecule has 1 aliphatic carbocycles. The molecule has 6 aromatic heterocycles. The summed E-state index contributed by atoms with van der Waals surface area (Å²) < 4.78 is 9.25. The van der Waals surface area contributed by atoms with E-state index in [0.29, 0.717) is 17.5 Å². The van der Waals surface area contributed by atoms with Crippen molar-refractivity contribution in [2.75, 3.05) is 0 Å². The lowest BCUT2D eigenvalue weighted by molar-refractivity contribution is 0.648. The summed E-state index contributed by atoms with van der Waals surface area (Å²) in [7, 11) is 0. The Labute approximate surface area is 353 Å². The van der Waals surface area contributed by atoms with Crippen molar-refractivity contribution >= 4 is 98.3 Å². The van der Waals surface area contributed by atoms with E-state index in [2.05, 4.69) is 194 Å². The standard InChI is InChI=1S/C54H34N8/c1-3-15-34(16-4-1)59-44-23-11-7-19-36(44)40-29-50-42(27-48(40)59)38-21-9-13-25-46(38)61(50)53-55-31-33-32-56-54(58-52(33)57-53)62-47-26-14-10-22-39(47)43-28-49-41(30-51(43)62)37-20-8-12-24-45(37)60(49)35-17-5-2-6-18-35/h1-17,19-32,35H,18H2. The third-order valence-corrected chi connectivity index (χ3v) is 13.0. The highest BCUT2D eigenvalue weighted by Gasteiger charge is 2.23. The molecule has 290 valence electrons. The van der Waals surface area contributed by atoms with Gasteiger partial charge in [-0.3, -0.25) is 9.13 Å². The molecule has 1 aliphatic rings. The van der Waals surface area contributed by atoms with Gasteiger partial charge in [-0.2, -0.15) is 9.97 Å². The summed E-state index contributed by atoms with van der Waals surface area (Å²) in [6, 6.07) is 54.7. The number of aromatic nitrogens is 8. The third-order valence-electron chi connectivity index (χ3n) is 13.0. The largest absolute Gasteiger partial charge is 0.333 e. The molecule has 0 bridgehead atoms. The molecule has 7 aromatic carbocycles. The van der Waals surface area contributed by atoms with Crippen LogP contribution < -0.4 is 0 Å². The lowest BCUT2D eigenvalue weighted by atomic mass is 10.1. The third kappa shape index (κ3) is 4.60. The molecule has 1 unspecified atom stereocenters. The highest BCUT2D eigenvalue weighted by Crippen LogP contribution is 2.42. The number of fused-ring (bicyclic) bond motifs is 13. The summed E-state index contributed by atoms with van der Waals surface area (Å²) in [5, 5.41) is 10.1. The highest BCUT2D eigenvalue weighted by molar-refractivity contribution is 6.20. The Hall–Kier alpha value is -8.36. The van der Waals surface area contributed by atoms with Gasteiger partial charge in [0.2, 0.25) is 11.9 Å². The number of hydrogen-bond donors (Lipinski definition) is 0. The second-order valence-electron chi connectivity index (χ2n) is 16.3. The van der Waals surface area contributed by atoms with Crippen molar-refractivity contribution in [1.82, 2.24) is 38.2 Å². The van der Waals surface area contributed by atoms with E-state index in [1.807, 2.05) is 12.4 Å². The fourth-order valence-electron chi connectivity index (χ4n) is 10.3. The molecule has 0 saturated heterocycles. The Morgan fingerprint density at radius 3 is 1.40 bits per heavy atom. The molecule has 8 nitrogen and oxygen atoms in total. The number of para-hydroxylation sites is 5. The molecule has 0 fully saturated rings. The maximum atomic E-state index is 5.26. The van der Waals surface area contributed by atoms with Gasteiger partial charge >= 0.3 is 0 Å². The van der Waals surface area contributed by atoms with Crippen LogP contribution in [-0.2, 0) is 0 Å². The minimum Gasteiger partial charge on any atom is -0.333 e. The zero-order valence-corrected chi connectivity index (χ0v) is 33.3. The van der Waals surface area contributed by atoms with Crippen molar-refractivity contribution in [2.45, 2.75) is 12.5 Å². The van der Waals surface area contributed by atoms with Gasteiger partial charge in [-0.05, 0) is 67.1 Å². The Balaban J connectivity index is 0.991. The molecular formula is C54H34N8. The Morgan fingerprint density at radius 1 is 0.403 bits per heavy atom. The van der Waals surface area contributed by atoms with E-state index in [1.54, 1.807) is 0 Å². The average Bonchev–Trinajstić information content (AvgIpc) is 4.05. The molecular weight excluding hydrogens is 761 g/mol. The molecule has 1 atom stereocenters. The van der Waals surface area contributed by atoms with Crippen molar-refractivity contribution in [1.29, 1.82) is 0 Å². The zero-order valence-electron chi connectivity index (χ0n) is 33.3. The quantitative estimate of drug-likeness (QED) is 0.178. The van der Waals surface area contributed by atoms with Crippen LogP contribution in [-0.4, -0.2) is 38.2 Å². The SMILES string of the molecule is C1=CCC(n2c3ccccc3c3cc4c(cc32)c2ccccc2n4-c2ncc3cnc(-n4c5ccccc5c5cc6c(cc54)c4ccccc4n6-c4ccccc4)nc3n2)C=C1. The summed E-state index contributed by atoms with van der Waals surface area (Å²) in [4.78, 5) is 20.5. The smallest absolute Gasteiger partial charge is 0.236 e. The maximum Gasteiger partial charge on any atom is 0.236 e. The summed E-state index contributed by atoms with van der Waals surface area (Å²) >= 11 is 0. The van der Waals surface area contributed by atoms with E-state index in [9.17, 15) is 0 Å². The van der Waals surface area contributed by atoms with E-state index in [1.165, 1.54) is 38.1 Å². The van der Waals surface area contributed by atoms with Gasteiger partial charge in [0.05, 0.1) is 50.0 Å². The van der Waals surface area contributed by atoms with Gasteiger partial charge < -0.3 is 9.13 Å². The molecule has 6 heterocycles. The van der Waals surface area contributed by atoms with Crippen molar-refractivity contribution in [3.05, 3.63) is 188 Å². The molecule has 0 amide bonds. The molecule has 0 aliphatic heterocycles. The highest BCUT2D eigenvalue weighted by atomic mass is 15.2. The minimum atomic E-state index is 0.237. The number of nitrogens with zero attached hydrogens (tertiary/aromatic N) is 8. The van der Waals surface area contributed by atoms with Gasteiger partial charge in [0.15, 0.2) is 5.65 Å². The first-order chi connectivity index (χ1) is 30.8. The van der Waals surface area contributed by atoms with Crippen molar-refractivity contribution in [3.63, 3.8) is 0 Å². The predicted molar refractivity (Wildman–Crippen MR) is 253 cm³/mol. The molecule has 0 spiro atoms. The lowest BCUT2D eigenvalue weighted by Crippen LogP contribution is -2.06. The fourth-order valence-corrected chi connectivity index (χ4v) is 10.3. The van der Waals surface area contributed by atoms with Gasteiger partial charge in [-0.25, -0.2) is 9.97 Å². The molecule has 0 radical (unpaired) electrons. The summed E-state index contributed by atoms with van der Waals surface area (Å²) in [5.41, 5.74) is 10.6. The van der Waals surface area contributed by atoms with Crippen LogP contribution in [0.2, 0.25) is 0 Å². The number of allylic oxidation sites excluding steroid dienone is 4. The van der Waals surface area contributed by atoms with Crippen LogP contribution in [0.4, 0.5) is 0 Å². The van der Waals surface area contributed by atoms with Crippen LogP contribution in [0.1, 0.15) is 12.5 Å². The fraction of sp³-hybridized carbons (Fsp3) is 0.0370. The van der Waals surface area contributed by atoms with Crippen molar-refractivity contribution in [3.8, 4) is 17.6 Å². The van der Waals surface area contributed by atoms with E-state index in [-0.39, 0.29) is 6.04 Å². The van der Waals surface area contributed by atoms with Crippen molar-refractivity contribution < 1.29 is 0 Å². The molecule has 62 heavy (non-hydrogen) atoms. The first-order valence-electron chi connectivity index (χ1n) is 21.1. The maximum absolute atomic E-state index is 5.26. The Bertz CT molecular complexity index is 4080. The second kappa shape index (κ2) is 12.6. The lowest BCUT2D eigenvalue weighted by Gasteiger charge is -2.18. The number of hydrogen-bond acceptors (Lipinski definition) is 4. The van der Waals surface area contributed by atoms with Crippen LogP contribution in [0, 0.1) is 0 Å². The Kier molecular flexibility index (Phi) is 6.79. The molecule has 14 rings (SSSR count). The monoisotopic (exact) mass is 794 g/mol. The van der Waals surface area contributed by atoms with Crippen LogP contribution in [0.3, 0.4) is 0 Å². The summed E-state index contributed by atoms with van der Waals surface area (Å²) in [6.07, 6.45) is 13.5. The Morgan fingerprint density at radius 2 is 0.855 bits per heavy atom. The van der Waals surface area contributed by atoms with Gasteiger partial charge in [0.1, 0.15) is 0 Å². The average molecular weight is 795 g/mol. The predicted octanol–water partition coefficient (Wildman–Crippen LogP) is 12.9. The van der Waals surface area contributed by atoms with Gasteiger partial charge in [-0.1, -0.05) is 115 Å². The van der Waals surface area contributed by atoms with Crippen LogP contribution >= 0.6 is 0 Å². The van der Waals surface area contributed by atoms with E-state index < -0.39 is 0 Å². The minimum absolute atomic E-state index is 0.237. The van der Waals surface area contributed by atoms with Crippen LogP contribution in [0.5, 0.6) is 0 Å². The van der Waals surface area contributed by atoms with Gasteiger partial charge in [-0.15, -0.1) is 0 Å². The number of benzene rings is 7. The van der Waals surface area contributed by atoms with Crippen LogP contribution in [0.25, 0.3) is 116 Å².